The number of Topliss-reactive ketones (excluding diaryl/α,β-unsaturated/α-hetero) is 1. The number of aldehydes is 1. The van der Waals surface area contributed by atoms with Crippen LogP contribution in [-0.2, 0) is 9.53 Å². The molecule has 1 N–H and O–H groups in total. The minimum absolute atomic E-state index is 0.0541. The van der Waals surface area contributed by atoms with E-state index in [1.54, 1.807) is 34.6 Å². The fourth-order valence-electron chi connectivity index (χ4n) is 3.47. The zero-order valence-corrected chi connectivity index (χ0v) is 26.1. The first-order valence-electron chi connectivity index (χ1n) is 14.5. The molecule has 2 aromatic rings. The van der Waals surface area contributed by atoms with Crippen molar-refractivity contribution in [2.24, 2.45) is 4.99 Å². The number of alkyl carbamates (subject to hydrolysis) is 1. The third-order valence-electron chi connectivity index (χ3n) is 5.50. The number of ether oxygens (including phenoxy) is 1. The summed E-state index contributed by atoms with van der Waals surface area (Å²) in [5.74, 6) is -8.71. The SMILES string of the molecule is C[C@@H](CCC(=O)c1cc(F)c(F)c(F)c1)NC(=O)OC(C)(C)C.C[C@H]1CCC(c2cc(F)c(F)c(F)c2)=N1.O=CC(F)(F)F.[2H]CC. The summed E-state index contributed by atoms with van der Waals surface area (Å²) in [6.45, 7) is 11.1. The van der Waals surface area contributed by atoms with Gasteiger partial charge in [-0.05, 0) is 78.1 Å². The van der Waals surface area contributed by atoms with Crippen LogP contribution in [-0.4, -0.2) is 47.7 Å². The lowest BCUT2D eigenvalue weighted by Gasteiger charge is -2.21. The van der Waals surface area contributed by atoms with E-state index >= 15 is 0 Å². The first-order valence-corrected chi connectivity index (χ1v) is 13.8. The van der Waals surface area contributed by atoms with Crippen LogP contribution < -0.4 is 5.32 Å². The molecule has 6 nitrogen and oxygen atoms in total. The van der Waals surface area contributed by atoms with Crippen LogP contribution in [0.2, 0.25) is 0 Å². The highest BCUT2D eigenvalue weighted by atomic mass is 19.4. The largest absolute Gasteiger partial charge is 0.446 e. The van der Waals surface area contributed by atoms with Crippen LogP contribution >= 0.6 is 0 Å². The first-order chi connectivity index (χ1) is 21.5. The normalized spacial score (nSPS) is 14.9. The van der Waals surface area contributed by atoms with Crippen molar-refractivity contribution in [3.8, 4) is 0 Å². The summed E-state index contributed by atoms with van der Waals surface area (Å²) >= 11 is 0. The summed E-state index contributed by atoms with van der Waals surface area (Å²) in [5, 5.41) is 2.55. The second-order valence-electron chi connectivity index (χ2n) is 10.6. The van der Waals surface area contributed by atoms with E-state index in [2.05, 4.69) is 10.3 Å². The lowest BCUT2D eigenvalue weighted by atomic mass is 10.0. The standard InChI is InChI=1S/C16H20F3NO3.C11H10F3N.C2HF3O.C2H6/c1-9(20-15(22)23-16(2,3)4)5-6-13(21)10-7-11(17)14(19)12(18)8-10;1-6-2-3-10(15-6)7-4-8(12)11(14)9(13)5-7;3-2(4,5)1-6;1-2/h7-9H,5-6H2,1-4H3,(H,20,22);4-6H,2-3H2,1H3;1H;1-2H3/t9-;6-;;/m00../s1/i;;;1D. The summed E-state index contributed by atoms with van der Waals surface area (Å²) in [6, 6.07) is 3.12. The lowest BCUT2D eigenvalue weighted by molar-refractivity contribution is -0.156. The zero-order valence-electron chi connectivity index (χ0n) is 27.1. The highest BCUT2D eigenvalue weighted by Crippen LogP contribution is 2.21. The summed E-state index contributed by atoms with van der Waals surface area (Å²) in [4.78, 5) is 36.4. The number of carbonyl (C=O) groups excluding carboxylic acids is 3. The van der Waals surface area contributed by atoms with Crippen LogP contribution in [0.25, 0.3) is 0 Å². The molecule has 46 heavy (non-hydrogen) atoms. The fourth-order valence-corrected chi connectivity index (χ4v) is 3.47. The van der Waals surface area contributed by atoms with Gasteiger partial charge in [0.1, 0.15) is 5.60 Å². The first kappa shape index (κ1) is 40.1. The summed E-state index contributed by atoms with van der Waals surface area (Å²) in [7, 11) is 0. The Bertz CT molecular complexity index is 1330. The Balaban J connectivity index is 0.000000748. The van der Waals surface area contributed by atoms with Crippen LogP contribution in [0.15, 0.2) is 29.3 Å². The quantitative estimate of drug-likeness (QED) is 0.144. The zero-order chi connectivity index (χ0) is 36.7. The molecular formula is C31H37F9N2O4. The van der Waals surface area contributed by atoms with Gasteiger partial charge in [-0.1, -0.05) is 13.8 Å². The number of nitrogens with one attached hydrogen (secondary N) is 1. The molecule has 1 amide bonds. The van der Waals surface area contributed by atoms with Gasteiger partial charge in [0, 0.05) is 36.7 Å². The predicted molar refractivity (Wildman–Crippen MR) is 154 cm³/mol. The van der Waals surface area contributed by atoms with Gasteiger partial charge in [0.15, 0.2) is 40.7 Å². The van der Waals surface area contributed by atoms with E-state index < -0.39 is 64.8 Å². The van der Waals surface area contributed by atoms with E-state index in [1.165, 1.54) is 0 Å². The second-order valence-corrected chi connectivity index (χ2v) is 10.6. The van der Waals surface area contributed by atoms with E-state index in [-0.39, 0.29) is 30.5 Å². The van der Waals surface area contributed by atoms with Gasteiger partial charge in [0.25, 0.3) is 0 Å². The number of halogens is 9. The second kappa shape index (κ2) is 18.9. The van der Waals surface area contributed by atoms with E-state index in [1.807, 2.05) is 6.92 Å². The van der Waals surface area contributed by atoms with Crippen molar-refractivity contribution in [2.75, 3.05) is 0 Å². The van der Waals surface area contributed by atoms with Crippen LogP contribution in [0.3, 0.4) is 0 Å². The minimum Gasteiger partial charge on any atom is -0.444 e. The molecule has 258 valence electrons. The molecule has 0 saturated heterocycles. The number of nitrogens with zero attached hydrogens (tertiary/aromatic N) is 1. The number of alkyl halides is 3. The topological polar surface area (TPSA) is 84.8 Å². The molecule has 0 unspecified atom stereocenters. The Labute approximate surface area is 262 Å². The number of hydrogen-bond acceptors (Lipinski definition) is 5. The molecule has 0 fully saturated rings. The van der Waals surface area contributed by atoms with Gasteiger partial charge < -0.3 is 10.1 Å². The van der Waals surface area contributed by atoms with Gasteiger partial charge in [-0.2, -0.15) is 13.2 Å². The number of benzene rings is 2. The van der Waals surface area contributed by atoms with Crippen LogP contribution in [0, 0.1) is 34.9 Å². The number of amides is 1. The average Bonchev–Trinajstić information content (AvgIpc) is 3.38. The molecule has 1 aliphatic heterocycles. The number of rotatable bonds is 6. The molecule has 0 saturated carbocycles. The summed E-state index contributed by atoms with van der Waals surface area (Å²) < 4.78 is 120. The summed E-state index contributed by atoms with van der Waals surface area (Å²) in [6.07, 6.45) is -4.56. The number of carbonyl (C=O) groups is 3. The van der Waals surface area contributed by atoms with Crippen LogP contribution in [0.4, 0.5) is 44.3 Å². The third kappa shape index (κ3) is 15.9. The maximum absolute atomic E-state index is 13.1. The maximum Gasteiger partial charge on any atom is 0.446 e. The molecule has 1 aliphatic rings. The molecule has 0 aliphatic carbocycles. The Morgan fingerprint density at radius 3 is 1.80 bits per heavy atom. The van der Waals surface area contributed by atoms with Crippen LogP contribution in [0.5, 0.6) is 0 Å². The molecule has 1 heterocycles. The van der Waals surface area contributed by atoms with E-state index in [9.17, 15) is 49.1 Å². The monoisotopic (exact) mass is 673 g/mol. The molecule has 0 aromatic heterocycles. The Morgan fingerprint density at radius 1 is 1.00 bits per heavy atom. The van der Waals surface area contributed by atoms with Gasteiger partial charge in [-0.25, -0.2) is 31.1 Å². The van der Waals surface area contributed by atoms with Crippen molar-refractivity contribution in [3.05, 3.63) is 70.3 Å². The minimum atomic E-state index is -4.64. The van der Waals surface area contributed by atoms with Gasteiger partial charge >= 0.3 is 12.3 Å². The number of ketones is 1. The molecule has 0 radical (unpaired) electrons. The Morgan fingerprint density at radius 2 is 1.43 bits per heavy atom. The van der Waals surface area contributed by atoms with Gasteiger partial charge in [0.2, 0.25) is 6.29 Å². The van der Waals surface area contributed by atoms with Crippen molar-refractivity contribution in [2.45, 2.75) is 98.0 Å². The van der Waals surface area contributed by atoms with Crippen molar-refractivity contribution < 1.29 is 60.0 Å². The molecule has 0 bridgehead atoms. The highest BCUT2D eigenvalue weighted by molar-refractivity contribution is 6.01. The average molecular weight is 674 g/mol. The number of aliphatic imine (C=N–C) groups is 1. The fraction of sp³-hybridized carbons (Fsp3) is 0.484. The molecule has 15 heteroatoms. The molecule has 2 aromatic carbocycles. The molecule has 3 rings (SSSR count). The van der Waals surface area contributed by atoms with E-state index in [0.29, 0.717) is 36.7 Å². The van der Waals surface area contributed by atoms with Gasteiger partial charge in [0.05, 0.1) is 0 Å². The molecule has 0 spiro atoms. The van der Waals surface area contributed by atoms with E-state index in [4.69, 9.17) is 10.9 Å². The lowest BCUT2D eigenvalue weighted by Crippen LogP contribution is -2.37. The summed E-state index contributed by atoms with van der Waals surface area (Å²) in [5.41, 5.74) is 0.116. The maximum atomic E-state index is 13.1. The van der Waals surface area contributed by atoms with Crippen molar-refractivity contribution in [1.29, 1.82) is 0 Å². The van der Waals surface area contributed by atoms with Gasteiger partial charge in [-0.15, -0.1) is 0 Å². The van der Waals surface area contributed by atoms with Crippen molar-refractivity contribution in [1.82, 2.24) is 5.32 Å². The smallest absolute Gasteiger partial charge is 0.444 e. The molecule has 2 atom stereocenters. The third-order valence-corrected chi connectivity index (χ3v) is 5.50. The van der Waals surface area contributed by atoms with E-state index in [0.717, 1.165) is 18.6 Å². The van der Waals surface area contributed by atoms with Crippen molar-refractivity contribution >= 4 is 23.9 Å². The van der Waals surface area contributed by atoms with Gasteiger partial charge in [-0.3, -0.25) is 14.6 Å². The molecular weight excluding hydrogens is 635 g/mol. The predicted octanol–water partition coefficient (Wildman–Crippen LogP) is 8.83. The van der Waals surface area contributed by atoms with Crippen LogP contribution in [0.1, 0.15) is 91.4 Å². The van der Waals surface area contributed by atoms with Crippen molar-refractivity contribution in [3.63, 3.8) is 0 Å². The highest BCUT2D eigenvalue weighted by Gasteiger charge is 2.25. The number of hydrogen-bond donors (Lipinski definition) is 1. The Kier molecular flexibility index (Phi) is 16.5. The Hall–Kier alpha value is -3.91.